The van der Waals surface area contributed by atoms with Crippen LogP contribution in [0.15, 0.2) is 24.3 Å². The highest BCUT2D eigenvalue weighted by Crippen LogP contribution is 2.28. The molecule has 1 aliphatic rings. The molecule has 0 bridgehead atoms. The highest BCUT2D eigenvalue weighted by atomic mass is 16.6. The van der Waals surface area contributed by atoms with Gasteiger partial charge in [0.1, 0.15) is 5.60 Å². The van der Waals surface area contributed by atoms with E-state index in [9.17, 15) is 4.79 Å². The smallest absolute Gasteiger partial charge is 0.410 e. The Morgan fingerprint density at radius 1 is 1.35 bits per heavy atom. The van der Waals surface area contributed by atoms with Gasteiger partial charge in [0, 0.05) is 25.0 Å². The molecule has 2 unspecified atom stereocenters. The summed E-state index contributed by atoms with van der Waals surface area (Å²) in [6, 6.07) is 8.28. The maximum Gasteiger partial charge on any atom is 0.410 e. The number of carbonyl (C=O) groups excluding carboxylic acids is 1. The molecule has 0 aliphatic carbocycles. The summed E-state index contributed by atoms with van der Waals surface area (Å²) >= 11 is 0. The summed E-state index contributed by atoms with van der Waals surface area (Å²) in [7, 11) is 0. The van der Waals surface area contributed by atoms with Gasteiger partial charge in [0.05, 0.1) is 0 Å². The van der Waals surface area contributed by atoms with E-state index in [-0.39, 0.29) is 18.1 Å². The molecule has 110 valence electrons. The monoisotopic (exact) mass is 276 g/mol. The minimum Gasteiger partial charge on any atom is -0.444 e. The minimum absolute atomic E-state index is 0.0377. The van der Waals surface area contributed by atoms with E-state index in [1.165, 1.54) is 11.1 Å². The Balaban J connectivity index is 2.07. The van der Waals surface area contributed by atoms with E-state index in [1.807, 2.05) is 26.8 Å². The molecule has 0 spiro atoms. The standard InChI is InChI=1S/C16H24N2O2/c1-11-6-5-7-12(8-11)13-9-18(10-14(13)17)15(19)20-16(2,3)4/h5-8,13-14H,9-10,17H2,1-4H3. The number of benzene rings is 1. The van der Waals surface area contributed by atoms with Gasteiger partial charge in [0.25, 0.3) is 0 Å². The second-order valence-electron chi connectivity index (χ2n) is 6.57. The number of aryl methyl sites for hydroxylation is 1. The van der Waals surface area contributed by atoms with E-state index in [1.54, 1.807) is 4.90 Å². The Hall–Kier alpha value is -1.55. The number of ether oxygens (including phenoxy) is 1. The zero-order valence-corrected chi connectivity index (χ0v) is 12.7. The molecule has 2 rings (SSSR count). The average Bonchev–Trinajstić information content (AvgIpc) is 2.69. The zero-order valence-electron chi connectivity index (χ0n) is 12.7. The lowest BCUT2D eigenvalue weighted by Gasteiger charge is -2.24. The lowest BCUT2D eigenvalue weighted by molar-refractivity contribution is 0.0290. The van der Waals surface area contributed by atoms with E-state index < -0.39 is 5.60 Å². The molecule has 1 aromatic carbocycles. The first-order valence-corrected chi connectivity index (χ1v) is 7.06. The maximum atomic E-state index is 12.1. The predicted molar refractivity (Wildman–Crippen MR) is 79.7 cm³/mol. The molecular weight excluding hydrogens is 252 g/mol. The number of amides is 1. The van der Waals surface area contributed by atoms with Crippen molar-refractivity contribution >= 4 is 6.09 Å². The van der Waals surface area contributed by atoms with Gasteiger partial charge in [-0.2, -0.15) is 0 Å². The van der Waals surface area contributed by atoms with Crippen molar-refractivity contribution in [3.8, 4) is 0 Å². The molecule has 1 aromatic rings. The summed E-state index contributed by atoms with van der Waals surface area (Å²) in [5, 5.41) is 0. The molecule has 4 nitrogen and oxygen atoms in total. The molecule has 20 heavy (non-hydrogen) atoms. The Morgan fingerprint density at radius 3 is 2.65 bits per heavy atom. The first kappa shape index (κ1) is 14.9. The zero-order chi connectivity index (χ0) is 14.9. The van der Waals surface area contributed by atoms with Crippen LogP contribution in [0.1, 0.15) is 37.8 Å². The maximum absolute atomic E-state index is 12.1. The van der Waals surface area contributed by atoms with Crippen LogP contribution in [-0.4, -0.2) is 35.7 Å². The Kier molecular flexibility index (Phi) is 4.04. The fourth-order valence-electron chi connectivity index (χ4n) is 2.56. The topological polar surface area (TPSA) is 55.6 Å². The van der Waals surface area contributed by atoms with Gasteiger partial charge in [0.2, 0.25) is 0 Å². The Morgan fingerprint density at radius 2 is 2.05 bits per heavy atom. The fraction of sp³-hybridized carbons (Fsp3) is 0.562. The molecule has 1 aliphatic heterocycles. The third-order valence-electron chi connectivity index (χ3n) is 3.49. The molecule has 0 radical (unpaired) electrons. The van der Waals surface area contributed by atoms with E-state index in [4.69, 9.17) is 10.5 Å². The number of carbonyl (C=O) groups is 1. The van der Waals surface area contributed by atoms with Crippen molar-refractivity contribution in [2.45, 2.75) is 45.3 Å². The quantitative estimate of drug-likeness (QED) is 0.858. The summed E-state index contributed by atoms with van der Waals surface area (Å²) in [6.07, 6.45) is -0.275. The summed E-state index contributed by atoms with van der Waals surface area (Å²) < 4.78 is 5.41. The largest absolute Gasteiger partial charge is 0.444 e. The van der Waals surface area contributed by atoms with E-state index >= 15 is 0 Å². The van der Waals surface area contributed by atoms with E-state index in [2.05, 4.69) is 25.1 Å². The van der Waals surface area contributed by atoms with Crippen LogP contribution in [0.5, 0.6) is 0 Å². The second-order valence-corrected chi connectivity index (χ2v) is 6.57. The van der Waals surface area contributed by atoms with Gasteiger partial charge >= 0.3 is 6.09 Å². The fourth-order valence-corrected chi connectivity index (χ4v) is 2.56. The molecule has 2 N–H and O–H groups in total. The van der Waals surface area contributed by atoms with Crippen molar-refractivity contribution in [3.63, 3.8) is 0 Å². The normalized spacial score (nSPS) is 22.9. The van der Waals surface area contributed by atoms with Crippen molar-refractivity contribution in [2.75, 3.05) is 13.1 Å². The van der Waals surface area contributed by atoms with Gasteiger partial charge in [0.15, 0.2) is 0 Å². The van der Waals surface area contributed by atoms with Crippen LogP contribution in [0.25, 0.3) is 0 Å². The van der Waals surface area contributed by atoms with Gasteiger partial charge in [-0.05, 0) is 33.3 Å². The molecule has 1 saturated heterocycles. The van der Waals surface area contributed by atoms with Crippen LogP contribution >= 0.6 is 0 Å². The van der Waals surface area contributed by atoms with Gasteiger partial charge < -0.3 is 15.4 Å². The Bertz CT molecular complexity index is 493. The first-order valence-electron chi connectivity index (χ1n) is 7.06. The van der Waals surface area contributed by atoms with Crippen molar-refractivity contribution < 1.29 is 9.53 Å². The third-order valence-corrected chi connectivity index (χ3v) is 3.49. The van der Waals surface area contributed by atoms with Gasteiger partial charge in [-0.3, -0.25) is 0 Å². The molecule has 1 heterocycles. The molecular formula is C16H24N2O2. The number of hydrogen-bond donors (Lipinski definition) is 1. The first-order chi connectivity index (χ1) is 9.26. The van der Waals surface area contributed by atoms with Crippen LogP contribution in [-0.2, 0) is 4.74 Å². The van der Waals surface area contributed by atoms with Crippen LogP contribution in [0.3, 0.4) is 0 Å². The second kappa shape index (κ2) is 5.44. The number of nitrogens with two attached hydrogens (primary N) is 1. The van der Waals surface area contributed by atoms with Crippen LogP contribution in [0, 0.1) is 6.92 Å². The molecule has 0 saturated carbocycles. The minimum atomic E-state index is -0.470. The predicted octanol–water partition coefficient (Wildman–Crippen LogP) is 2.66. The summed E-state index contributed by atoms with van der Waals surface area (Å²) in [4.78, 5) is 13.8. The number of nitrogens with zero attached hydrogens (tertiary/aromatic N) is 1. The van der Waals surface area contributed by atoms with Crippen molar-refractivity contribution in [1.82, 2.24) is 4.90 Å². The highest BCUT2D eigenvalue weighted by molar-refractivity contribution is 5.69. The van der Waals surface area contributed by atoms with E-state index in [0.29, 0.717) is 13.1 Å². The van der Waals surface area contributed by atoms with Gasteiger partial charge in [-0.15, -0.1) is 0 Å². The SMILES string of the molecule is Cc1cccc(C2CN(C(=O)OC(C)(C)C)CC2N)c1. The van der Waals surface area contributed by atoms with Crippen molar-refractivity contribution in [3.05, 3.63) is 35.4 Å². The molecule has 2 atom stereocenters. The van der Waals surface area contributed by atoms with Crippen LogP contribution in [0.4, 0.5) is 4.79 Å². The number of likely N-dealkylation sites (tertiary alicyclic amines) is 1. The molecule has 4 heteroatoms. The summed E-state index contributed by atoms with van der Waals surface area (Å²) in [5.41, 5.74) is 8.15. The van der Waals surface area contributed by atoms with Crippen molar-refractivity contribution in [1.29, 1.82) is 0 Å². The van der Waals surface area contributed by atoms with Gasteiger partial charge in [-0.1, -0.05) is 29.8 Å². The number of rotatable bonds is 1. The molecule has 0 aromatic heterocycles. The summed E-state index contributed by atoms with van der Waals surface area (Å²) in [6.45, 7) is 8.86. The van der Waals surface area contributed by atoms with Crippen LogP contribution in [0.2, 0.25) is 0 Å². The third kappa shape index (κ3) is 3.51. The van der Waals surface area contributed by atoms with E-state index in [0.717, 1.165) is 0 Å². The lowest BCUT2D eigenvalue weighted by atomic mass is 9.94. The molecule has 1 fully saturated rings. The lowest BCUT2D eigenvalue weighted by Crippen LogP contribution is -2.36. The molecule has 1 amide bonds. The van der Waals surface area contributed by atoms with Gasteiger partial charge in [-0.25, -0.2) is 4.79 Å². The van der Waals surface area contributed by atoms with Crippen molar-refractivity contribution in [2.24, 2.45) is 5.73 Å². The summed E-state index contributed by atoms with van der Waals surface area (Å²) in [5.74, 6) is 0.183. The van der Waals surface area contributed by atoms with Crippen LogP contribution < -0.4 is 5.73 Å². The average molecular weight is 276 g/mol. The Labute approximate surface area is 120 Å². The number of hydrogen-bond acceptors (Lipinski definition) is 3. The highest BCUT2D eigenvalue weighted by Gasteiger charge is 2.35.